The first-order chi connectivity index (χ1) is 18.2. The number of rotatable bonds is 12. The van der Waals surface area contributed by atoms with Gasteiger partial charge in [0.05, 0.1) is 7.11 Å². The van der Waals surface area contributed by atoms with E-state index in [9.17, 15) is 9.59 Å². The Labute approximate surface area is 234 Å². The molecule has 2 atom stereocenters. The number of halogens is 1. The number of carbonyl (C=O) groups excluding carboxylic acids is 2. The molecular formula is C31H37BrN2O4. The lowest BCUT2D eigenvalue weighted by molar-refractivity contribution is -0.143. The van der Waals surface area contributed by atoms with Crippen LogP contribution in [0.4, 0.5) is 0 Å². The molecule has 0 bridgehead atoms. The Morgan fingerprint density at radius 3 is 2.24 bits per heavy atom. The lowest BCUT2D eigenvalue weighted by Crippen LogP contribution is -2.53. The first-order valence-electron chi connectivity index (χ1n) is 12.9. The average molecular weight is 582 g/mol. The molecule has 0 radical (unpaired) electrons. The molecule has 0 fully saturated rings. The van der Waals surface area contributed by atoms with Crippen LogP contribution in [0.5, 0.6) is 11.5 Å². The summed E-state index contributed by atoms with van der Waals surface area (Å²) in [6, 6.07) is 20.4. The van der Waals surface area contributed by atoms with Crippen LogP contribution in [0.25, 0.3) is 0 Å². The quantitative estimate of drug-likeness (QED) is 0.285. The minimum atomic E-state index is -0.720. The van der Waals surface area contributed by atoms with Crippen LogP contribution >= 0.6 is 15.9 Å². The maximum atomic E-state index is 13.8. The van der Waals surface area contributed by atoms with E-state index in [0.29, 0.717) is 17.9 Å². The summed E-state index contributed by atoms with van der Waals surface area (Å²) in [7, 11) is 1.61. The summed E-state index contributed by atoms with van der Waals surface area (Å²) < 4.78 is 12.4. The molecule has 38 heavy (non-hydrogen) atoms. The topological polar surface area (TPSA) is 67.9 Å². The molecule has 0 spiro atoms. The molecule has 3 rings (SSSR count). The van der Waals surface area contributed by atoms with Crippen LogP contribution in [0.15, 0.2) is 71.2 Å². The molecule has 0 aliphatic heterocycles. The van der Waals surface area contributed by atoms with Crippen LogP contribution in [0.3, 0.4) is 0 Å². The van der Waals surface area contributed by atoms with Crippen molar-refractivity contribution < 1.29 is 19.1 Å². The van der Waals surface area contributed by atoms with Crippen molar-refractivity contribution in [1.82, 2.24) is 10.2 Å². The van der Waals surface area contributed by atoms with E-state index in [1.165, 1.54) is 0 Å². The van der Waals surface area contributed by atoms with Crippen molar-refractivity contribution in [3.8, 4) is 11.5 Å². The highest BCUT2D eigenvalue weighted by molar-refractivity contribution is 9.10. The molecule has 0 saturated carbocycles. The number of ether oxygens (including phenoxy) is 2. The molecule has 0 aromatic heterocycles. The third-order valence-electron chi connectivity index (χ3n) is 6.53. The Hall–Kier alpha value is -3.32. The third kappa shape index (κ3) is 8.09. The molecule has 3 aromatic carbocycles. The van der Waals surface area contributed by atoms with Gasteiger partial charge in [0.1, 0.15) is 17.5 Å². The second-order valence-electron chi connectivity index (χ2n) is 9.56. The summed E-state index contributed by atoms with van der Waals surface area (Å²) in [5.41, 5.74) is 3.88. The van der Waals surface area contributed by atoms with Crippen molar-refractivity contribution in [1.29, 1.82) is 0 Å². The molecule has 0 heterocycles. The van der Waals surface area contributed by atoms with E-state index in [4.69, 9.17) is 9.47 Å². The van der Waals surface area contributed by atoms with Crippen LogP contribution in [-0.4, -0.2) is 42.5 Å². The summed E-state index contributed by atoms with van der Waals surface area (Å²) in [6.07, 6.45) is 1.17. The highest BCUT2D eigenvalue weighted by Crippen LogP contribution is 2.26. The van der Waals surface area contributed by atoms with Gasteiger partial charge in [0.15, 0.2) is 6.61 Å². The summed E-state index contributed by atoms with van der Waals surface area (Å²) >= 11 is 3.57. The minimum absolute atomic E-state index is 0.0143. The third-order valence-corrected chi connectivity index (χ3v) is 7.78. The van der Waals surface area contributed by atoms with Crippen molar-refractivity contribution >= 4 is 27.7 Å². The average Bonchev–Trinajstić information content (AvgIpc) is 2.92. The Kier molecular flexibility index (Phi) is 10.8. The molecule has 6 nitrogen and oxygen atoms in total. The van der Waals surface area contributed by atoms with E-state index in [0.717, 1.165) is 33.1 Å². The van der Waals surface area contributed by atoms with E-state index in [1.807, 2.05) is 94.4 Å². The van der Waals surface area contributed by atoms with Crippen LogP contribution in [-0.2, 0) is 22.6 Å². The number of benzene rings is 3. The van der Waals surface area contributed by atoms with Gasteiger partial charge >= 0.3 is 0 Å². The fourth-order valence-corrected chi connectivity index (χ4v) is 4.41. The van der Waals surface area contributed by atoms with Crippen LogP contribution in [0, 0.1) is 13.8 Å². The molecular weight excluding hydrogens is 544 g/mol. The van der Waals surface area contributed by atoms with Gasteiger partial charge in [0.2, 0.25) is 5.91 Å². The summed E-state index contributed by atoms with van der Waals surface area (Å²) in [5, 5.41) is 3.08. The molecule has 202 valence electrons. The van der Waals surface area contributed by atoms with Gasteiger partial charge in [-0.2, -0.15) is 0 Å². The zero-order valence-corrected chi connectivity index (χ0v) is 24.4. The van der Waals surface area contributed by atoms with Gasteiger partial charge in [-0.05, 0) is 73.7 Å². The first-order valence-corrected chi connectivity index (χ1v) is 13.7. The number of hydrogen-bond acceptors (Lipinski definition) is 4. The number of amides is 2. The largest absolute Gasteiger partial charge is 0.497 e. The number of nitrogens with one attached hydrogen (secondary N) is 1. The van der Waals surface area contributed by atoms with Crippen molar-refractivity contribution in [2.75, 3.05) is 13.7 Å². The zero-order chi connectivity index (χ0) is 27.7. The summed E-state index contributed by atoms with van der Waals surface area (Å²) in [4.78, 5) is 29.0. The molecule has 0 saturated heterocycles. The highest BCUT2D eigenvalue weighted by Gasteiger charge is 2.31. The Bertz CT molecular complexity index is 1210. The van der Waals surface area contributed by atoms with Gasteiger partial charge in [-0.3, -0.25) is 9.59 Å². The van der Waals surface area contributed by atoms with Crippen molar-refractivity contribution in [2.24, 2.45) is 0 Å². The molecule has 0 aliphatic carbocycles. The molecule has 7 heteroatoms. The summed E-state index contributed by atoms with van der Waals surface area (Å²) in [5.74, 6) is 0.846. The van der Waals surface area contributed by atoms with Crippen LogP contribution in [0.1, 0.15) is 42.5 Å². The predicted octanol–water partition coefficient (Wildman–Crippen LogP) is 6.01. The van der Waals surface area contributed by atoms with E-state index in [-0.39, 0.29) is 31.0 Å². The number of hydrogen-bond donors (Lipinski definition) is 1. The Morgan fingerprint density at radius 2 is 1.61 bits per heavy atom. The molecule has 2 amide bonds. The van der Waals surface area contributed by atoms with Crippen molar-refractivity contribution in [3.05, 3.63) is 93.5 Å². The van der Waals surface area contributed by atoms with Gasteiger partial charge in [-0.25, -0.2) is 0 Å². The normalized spacial score (nSPS) is 12.4. The Balaban J connectivity index is 1.94. The summed E-state index contributed by atoms with van der Waals surface area (Å²) in [6.45, 7) is 8.00. The van der Waals surface area contributed by atoms with Gasteiger partial charge in [-0.15, -0.1) is 0 Å². The lowest BCUT2D eigenvalue weighted by Gasteiger charge is -2.32. The monoisotopic (exact) mass is 580 g/mol. The van der Waals surface area contributed by atoms with Gasteiger partial charge in [0.25, 0.3) is 5.91 Å². The van der Waals surface area contributed by atoms with Gasteiger partial charge in [-0.1, -0.05) is 65.3 Å². The minimum Gasteiger partial charge on any atom is -0.497 e. The standard InChI is InChI=1S/C31H37BrN2O4/c1-6-23(4)33-31(36)28(18-24-11-8-7-9-12-24)34(19-25-13-10-14-26(17-25)37-5)29(35)20-38-27-15-21(2)30(32)22(3)16-27/h7-17,23,28H,6,18-20H2,1-5H3,(H,33,36)/t23-,28-/m1/s1. The second-order valence-corrected chi connectivity index (χ2v) is 10.3. The zero-order valence-electron chi connectivity index (χ0n) is 22.8. The second kappa shape index (κ2) is 14.0. The van der Waals surface area contributed by atoms with E-state index < -0.39 is 6.04 Å². The first kappa shape index (κ1) is 29.2. The van der Waals surface area contributed by atoms with Crippen molar-refractivity contribution in [3.63, 3.8) is 0 Å². The fourth-order valence-electron chi connectivity index (χ4n) is 4.18. The fraction of sp³-hybridized carbons (Fsp3) is 0.355. The number of carbonyl (C=O) groups is 2. The maximum Gasteiger partial charge on any atom is 0.261 e. The van der Waals surface area contributed by atoms with Crippen LogP contribution < -0.4 is 14.8 Å². The predicted molar refractivity (Wildman–Crippen MR) is 154 cm³/mol. The van der Waals surface area contributed by atoms with E-state index >= 15 is 0 Å². The molecule has 3 aromatic rings. The molecule has 0 unspecified atom stereocenters. The number of nitrogens with zero attached hydrogens (tertiary/aromatic N) is 1. The molecule has 1 N–H and O–H groups in total. The Morgan fingerprint density at radius 1 is 0.947 bits per heavy atom. The van der Waals surface area contributed by atoms with Crippen LogP contribution in [0.2, 0.25) is 0 Å². The lowest BCUT2D eigenvalue weighted by atomic mass is 10.0. The number of methoxy groups -OCH3 is 1. The van der Waals surface area contributed by atoms with Gasteiger partial charge in [0, 0.05) is 23.5 Å². The van der Waals surface area contributed by atoms with Crippen molar-refractivity contribution in [2.45, 2.75) is 59.2 Å². The SMILES string of the molecule is CC[C@@H](C)NC(=O)[C@@H](Cc1ccccc1)N(Cc1cccc(OC)c1)C(=O)COc1cc(C)c(Br)c(C)c1. The highest BCUT2D eigenvalue weighted by atomic mass is 79.9. The van der Waals surface area contributed by atoms with E-state index in [1.54, 1.807) is 12.0 Å². The smallest absolute Gasteiger partial charge is 0.261 e. The van der Waals surface area contributed by atoms with E-state index in [2.05, 4.69) is 21.2 Å². The molecule has 0 aliphatic rings. The maximum absolute atomic E-state index is 13.8. The number of aryl methyl sites for hydroxylation is 2. The van der Waals surface area contributed by atoms with Gasteiger partial charge < -0.3 is 19.7 Å².